The van der Waals surface area contributed by atoms with Gasteiger partial charge in [-0.15, -0.1) is 0 Å². The molecule has 4 bridgehead atoms. The van der Waals surface area contributed by atoms with Crippen molar-refractivity contribution >= 4 is 5.78 Å². The van der Waals surface area contributed by atoms with E-state index < -0.39 is 12.2 Å². The Morgan fingerprint density at radius 1 is 0.944 bits per heavy atom. The normalized spacial score (nSPS) is 51.1. The Morgan fingerprint density at radius 3 is 2.28 bits per heavy atom. The smallest absolute Gasteiger partial charge is 0.0625 e. The topological polar surface area (TPSA) is 17.1 Å². The molecule has 4 aliphatic rings. The van der Waals surface area contributed by atoms with Crippen molar-refractivity contribution in [3.8, 4) is 0 Å². The van der Waals surface area contributed by atoms with Crippen LogP contribution in [-0.2, 0) is 4.79 Å². The van der Waals surface area contributed by atoms with E-state index in [-0.39, 0.29) is 46.3 Å². The van der Waals surface area contributed by atoms with E-state index in [1.807, 2.05) is 0 Å². The molecule has 0 amide bonds. The molecule has 18 heavy (non-hydrogen) atoms. The molecule has 0 aromatic heterocycles. The van der Waals surface area contributed by atoms with E-state index in [1.165, 1.54) is 19.3 Å². The zero-order valence-electron chi connectivity index (χ0n) is 10.1. The van der Waals surface area contributed by atoms with Gasteiger partial charge in [0.1, 0.15) is 0 Å². The summed E-state index contributed by atoms with van der Waals surface area (Å²) in [4.78, 5) is 11.5. The molecule has 4 rings (SSSR count). The fourth-order valence-corrected chi connectivity index (χ4v) is 6.01. The summed E-state index contributed by atoms with van der Waals surface area (Å²) in [5, 5.41) is 0. The monoisotopic (exact) mass is 391 g/mol. The predicted octanol–water partition coefficient (Wildman–Crippen LogP) is 3.30. The molecule has 0 aromatic carbocycles. The third-order valence-electron chi connectivity index (χ3n) is 6.26. The number of Topliss-reactive ketones (excluding diaryl/α,β-unsaturated/α-hetero) is 1. The molecular weight excluding hydrogens is 373 g/mol. The molecule has 4 aliphatic carbocycles. The van der Waals surface area contributed by atoms with E-state index in [2.05, 4.69) is 0 Å². The van der Waals surface area contributed by atoms with E-state index in [4.69, 9.17) is 0 Å². The summed E-state index contributed by atoms with van der Waals surface area (Å²) in [5.74, 6) is 2.78. The molecule has 4 heteroatoms. The number of hydrogen-bond acceptors (Lipinski definition) is 1. The quantitative estimate of drug-likeness (QED) is 0.523. The van der Waals surface area contributed by atoms with Gasteiger partial charge in [0.05, 0.1) is 5.78 Å². The zero-order valence-corrected chi connectivity index (χ0v) is 12.8. The Bertz CT molecular complexity index is 373. The van der Waals surface area contributed by atoms with Gasteiger partial charge >= 0.3 is 0 Å². The molecule has 0 aliphatic heterocycles. The summed E-state index contributed by atoms with van der Waals surface area (Å²) in [7, 11) is 0. The SMILES string of the molecule is O=C([C-](F)F)C1CC2CC1C1C3CCC(C3)C21.[Sm]. The minimum atomic E-state index is -1.96. The summed E-state index contributed by atoms with van der Waals surface area (Å²) in [6.07, 6.45) is 3.83. The van der Waals surface area contributed by atoms with Gasteiger partial charge < -0.3 is 13.6 Å². The number of carbonyl (C=O) groups is 1. The standard InChI is InChI=1S/C14H17F2O.Sm/c15-14(16)13(17)10-5-8-4-9(10)12-7-2-1-6(3-7)11(8)12;/h6-12H,1-5H2;/q-1;. The Morgan fingerprint density at radius 2 is 1.61 bits per heavy atom. The van der Waals surface area contributed by atoms with Gasteiger partial charge in [-0.3, -0.25) is 0 Å². The van der Waals surface area contributed by atoms with Gasteiger partial charge in [0.25, 0.3) is 0 Å². The van der Waals surface area contributed by atoms with Gasteiger partial charge in [-0.2, -0.15) is 0 Å². The summed E-state index contributed by atoms with van der Waals surface area (Å²) < 4.78 is 25.0. The molecule has 0 aromatic rings. The summed E-state index contributed by atoms with van der Waals surface area (Å²) in [6.45, 7) is 0. The predicted molar refractivity (Wildman–Crippen MR) is 58.0 cm³/mol. The average molecular weight is 390 g/mol. The van der Waals surface area contributed by atoms with Crippen molar-refractivity contribution in [3.63, 3.8) is 0 Å². The maximum Gasteiger partial charge on any atom is 0.0625 e. The van der Waals surface area contributed by atoms with Gasteiger partial charge in [0.2, 0.25) is 0 Å². The van der Waals surface area contributed by atoms with Crippen LogP contribution in [0.25, 0.3) is 0 Å². The number of hydrogen-bond donors (Lipinski definition) is 0. The van der Waals surface area contributed by atoms with E-state index in [0.717, 1.165) is 30.6 Å². The van der Waals surface area contributed by atoms with Crippen LogP contribution in [0.2, 0.25) is 0 Å². The fraction of sp³-hybridized carbons (Fsp3) is 0.857. The number of ketones is 1. The largest absolute Gasteiger partial charge is 0.392 e. The van der Waals surface area contributed by atoms with Crippen molar-refractivity contribution in [3.05, 3.63) is 6.43 Å². The second-order valence-corrected chi connectivity index (χ2v) is 6.61. The van der Waals surface area contributed by atoms with Crippen LogP contribution in [0.5, 0.6) is 0 Å². The van der Waals surface area contributed by atoms with Crippen LogP contribution in [0.15, 0.2) is 0 Å². The second kappa shape index (κ2) is 4.64. The Labute approximate surface area is 139 Å². The first-order valence-electron chi connectivity index (χ1n) is 6.89. The first kappa shape index (κ1) is 13.7. The fourth-order valence-electron chi connectivity index (χ4n) is 6.01. The summed E-state index contributed by atoms with van der Waals surface area (Å²) >= 11 is 0. The van der Waals surface area contributed by atoms with Crippen LogP contribution in [0.1, 0.15) is 32.1 Å². The number of halogens is 2. The minimum Gasteiger partial charge on any atom is -0.392 e. The van der Waals surface area contributed by atoms with Gasteiger partial charge in [0.15, 0.2) is 0 Å². The number of fused-ring (bicyclic) bond motifs is 9. The molecule has 0 spiro atoms. The van der Waals surface area contributed by atoms with Crippen LogP contribution >= 0.6 is 0 Å². The molecule has 0 radical (unpaired) electrons. The first-order valence-corrected chi connectivity index (χ1v) is 6.89. The van der Waals surface area contributed by atoms with Crippen LogP contribution in [0, 0.1) is 88.2 Å². The maximum atomic E-state index is 12.5. The molecule has 7 atom stereocenters. The van der Waals surface area contributed by atoms with Crippen LogP contribution in [0.4, 0.5) is 8.78 Å². The summed E-state index contributed by atoms with van der Waals surface area (Å²) in [5.41, 5.74) is 0. The van der Waals surface area contributed by atoms with Gasteiger partial charge in [0, 0.05) is 46.8 Å². The second-order valence-electron chi connectivity index (χ2n) is 6.61. The van der Waals surface area contributed by atoms with Crippen molar-refractivity contribution < 1.29 is 54.0 Å². The Hall–Kier alpha value is 0.738. The van der Waals surface area contributed by atoms with Gasteiger partial charge in [-0.25, -0.2) is 0 Å². The average Bonchev–Trinajstić information content (AvgIpc) is 3.04. The van der Waals surface area contributed by atoms with Crippen LogP contribution < -0.4 is 0 Å². The molecule has 0 N–H and O–H groups in total. The molecule has 1 nitrogen and oxygen atoms in total. The molecular formula is C14H17F2OSm-. The van der Waals surface area contributed by atoms with E-state index in [0.29, 0.717) is 17.8 Å². The van der Waals surface area contributed by atoms with E-state index in [1.54, 1.807) is 0 Å². The Balaban J connectivity index is 0.000001000. The van der Waals surface area contributed by atoms with Gasteiger partial charge in [-0.1, -0.05) is 0 Å². The molecule has 4 fully saturated rings. The van der Waals surface area contributed by atoms with E-state index >= 15 is 0 Å². The summed E-state index contributed by atoms with van der Waals surface area (Å²) in [6, 6.07) is 0. The van der Waals surface area contributed by atoms with Crippen LogP contribution in [0.3, 0.4) is 0 Å². The molecule has 100 valence electrons. The Kier molecular flexibility index (Phi) is 3.53. The van der Waals surface area contributed by atoms with Crippen molar-refractivity contribution in [1.29, 1.82) is 0 Å². The molecule has 7 unspecified atom stereocenters. The number of carbonyl (C=O) groups excluding carboxylic acids is 1. The maximum absolute atomic E-state index is 12.5. The van der Waals surface area contributed by atoms with Gasteiger partial charge in [-0.05, 0) is 73.5 Å². The number of rotatable bonds is 2. The molecule has 0 heterocycles. The van der Waals surface area contributed by atoms with Crippen LogP contribution in [-0.4, -0.2) is 5.78 Å². The van der Waals surface area contributed by atoms with E-state index in [9.17, 15) is 13.6 Å². The zero-order chi connectivity index (χ0) is 11.7. The first-order chi connectivity index (χ1) is 8.16. The molecule has 4 saturated carbocycles. The van der Waals surface area contributed by atoms with Crippen molar-refractivity contribution in [2.75, 3.05) is 0 Å². The third kappa shape index (κ3) is 1.68. The minimum absolute atomic E-state index is 0. The van der Waals surface area contributed by atoms with Crippen molar-refractivity contribution in [2.24, 2.45) is 41.4 Å². The third-order valence-corrected chi connectivity index (χ3v) is 6.26. The molecule has 0 saturated heterocycles. The van der Waals surface area contributed by atoms with Crippen molar-refractivity contribution in [1.82, 2.24) is 0 Å². The van der Waals surface area contributed by atoms with Crippen molar-refractivity contribution in [2.45, 2.75) is 32.1 Å².